The average Bonchev–Trinajstić information content (AvgIpc) is 3.10. The molecule has 2 bridgehead atoms. The summed E-state index contributed by atoms with van der Waals surface area (Å²) < 4.78 is 11.2. The molecule has 0 aromatic rings. The molecule has 3 rings (SSSR count). The van der Waals surface area contributed by atoms with Crippen LogP contribution in [0.4, 0.5) is 0 Å². The summed E-state index contributed by atoms with van der Waals surface area (Å²) in [5.74, 6) is 2.03. The maximum Gasteiger partial charge on any atom is 0.0809 e. The van der Waals surface area contributed by atoms with Crippen molar-refractivity contribution >= 4 is 0 Å². The lowest BCUT2D eigenvalue weighted by Crippen LogP contribution is -2.34. The van der Waals surface area contributed by atoms with E-state index in [0.29, 0.717) is 6.10 Å². The van der Waals surface area contributed by atoms with Crippen LogP contribution in [-0.2, 0) is 9.47 Å². The minimum atomic E-state index is 0.378. The molecule has 1 aliphatic heterocycles. The van der Waals surface area contributed by atoms with Crippen molar-refractivity contribution in [3.63, 3.8) is 0 Å². The molecule has 0 radical (unpaired) electrons. The molecular weight excluding hydrogens is 226 g/mol. The zero-order chi connectivity index (χ0) is 12.2. The summed E-state index contributed by atoms with van der Waals surface area (Å²) >= 11 is 0. The Morgan fingerprint density at radius 3 is 2.89 bits per heavy atom. The second kappa shape index (κ2) is 6.36. The number of ether oxygens (including phenoxy) is 2. The maximum atomic E-state index is 5.68. The smallest absolute Gasteiger partial charge is 0.0809 e. The molecule has 2 saturated carbocycles. The molecule has 0 amide bonds. The second-order valence-electron chi connectivity index (χ2n) is 6.30. The van der Waals surface area contributed by atoms with Crippen molar-refractivity contribution in [2.24, 2.45) is 11.8 Å². The van der Waals surface area contributed by atoms with E-state index in [4.69, 9.17) is 9.47 Å². The predicted molar refractivity (Wildman–Crippen MR) is 71.6 cm³/mol. The van der Waals surface area contributed by atoms with E-state index in [2.05, 4.69) is 5.32 Å². The van der Waals surface area contributed by atoms with Gasteiger partial charge in [-0.05, 0) is 56.9 Å². The molecule has 18 heavy (non-hydrogen) atoms. The lowest BCUT2D eigenvalue weighted by atomic mass is 9.95. The second-order valence-corrected chi connectivity index (χ2v) is 6.30. The molecule has 104 valence electrons. The quantitative estimate of drug-likeness (QED) is 0.707. The third kappa shape index (κ3) is 3.25. The van der Waals surface area contributed by atoms with Crippen molar-refractivity contribution in [3.05, 3.63) is 0 Å². The highest BCUT2D eigenvalue weighted by molar-refractivity contribution is 4.93. The molecule has 3 nitrogen and oxygen atoms in total. The lowest BCUT2D eigenvalue weighted by Gasteiger charge is -2.22. The Hall–Kier alpha value is -0.120. The van der Waals surface area contributed by atoms with Crippen LogP contribution in [-0.4, -0.2) is 38.5 Å². The Bertz CT molecular complexity index is 253. The van der Waals surface area contributed by atoms with Gasteiger partial charge in [0.1, 0.15) is 0 Å². The van der Waals surface area contributed by atoms with Crippen molar-refractivity contribution in [2.75, 3.05) is 26.4 Å². The van der Waals surface area contributed by atoms with Gasteiger partial charge in [0, 0.05) is 19.3 Å². The van der Waals surface area contributed by atoms with E-state index in [1.165, 1.54) is 38.5 Å². The minimum absolute atomic E-state index is 0.378. The summed E-state index contributed by atoms with van der Waals surface area (Å²) in [6, 6.07) is 0.821. The molecule has 4 atom stereocenters. The third-order valence-electron chi connectivity index (χ3n) is 4.94. The van der Waals surface area contributed by atoms with E-state index < -0.39 is 0 Å². The first kappa shape index (κ1) is 12.9. The van der Waals surface area contributed by atoms with Crippen molar-refractivity contribution in [1.82, 2.24) is 5.32 Å². The molecule has 3 aliphatic rings. The van der Waals surface area contributed by atoms with Gasteiger partial charge in [-0.15, -0.1) is 0 Å². The summed E-state index contributed by atoms with van der Waals surface area (Å²) in [6.45, 7) is 3.74. The fraction of sp³-hybridized carbons (Fsp3) is 1.00. The molecule has 0 spiro atoms. The van der Waals surface area contributed by atoms with Gasteiger partial charge >= 0.3 is 0 Å². The minimum Gasteiger partial charge on any atom is -0.379 e. The Kier molecular flexibility index (Phi) is 4.55. The first-order valence-electron chi connectivity index (χ1n) is 7.84. The van der Waals surface area contributed by atoms with Crippen LogP contribution in [0, 0.1) is 11.8 Å². The van der Waals surface area contributed by atoms with Crippen LogP contribution in [0.2, 0.25) is 0 Å². The fourth-order valence-electron chi connectivity index (χ4n) is 3.95. The van der Waals surface area contributed by atoms with Crippen LogP contribution in [0.15, 0.2) is 0 Å². The molecule has 0 aromatic carbocycles. The third-order valence-corrected chi connectivity index (χ3v) is 4.94. The molecule has 1 N–H and O–H groups in total. The van der Waals surface area contributed by atoms with Gasteiger partial charge in [-0.1, -0.05) is 6.42 Å². The molecule has 3 fully saturated rings. The van der Waals surface area contributed by atoms with Gasteiger partial charge in [0.05, 0.1) is 12.7 Å². The average molecular weight is 253 g/mol. The maximum absolute atomic E-state index is 5.68. The fourth-order valence-corrected chi connectivity index (χ4v) is 3.95. The van der Waals surface area contributed by atoms with Gasteiger partial charge in [0.15, 0.2) is 0 Å². The van der Waals surface area contributed by atoms with Gasteiger partial charge in [0.25, 0.3) is 0 Å². The summed E-state index contributed by atoms with van der Waals surface area (Å²) in [7, 11) is 0. The van der Waals surface area contributed by atoms with Gasteiger partial charge in [-0.2, -0.15) is 0 Å². The summed E-state index contributed by atoms with van der Waals surface area (Å²) in [5, 5.41) is 3.73. The van der Waals surface area contributed by atoms with Crippen molar-refractivity contribution < 1.29 is 9.47 Å². The molecule has 3 heteroatoms. The molecule has 2 aliphatic carbocycles. The standard InChI is InChI=1S/C15H27NO2/c1-3-14(18-8-1)11-17-7-2-6-16-15-10-12-4-5-13(15)9-12/h12-16H,1-11H2. The Labute approximate surface area is 111 Å². The van der Waals surface area contributed by atoms with E-state index in [-0.39, 0.29) is 0 Å². The zero-order valence-electron chi connectivity index (χ0n) is 11.4. The normalized spacial score (nSPS) is 38.7. The number of nitrogens with one attached hydrogen (secondary N) is 1. The summed E-state index contributed by atoms with van der Waals surface area (Å²) in [5.41, 5.74) is 0. The first-order valence-corrected chi connectivity index (χ1v) is 7.84. The van der Waals surface area contributed by atoms with Gasteiger partial charge in [-0.3, -0.25) is 0 Å². The lowest BCUT2D eigenvalue weighted by molar-refractivity contribution is 0.0164. The molecule has 1 heterocycles. The topological polar surface area (TPSA) is 30.5 Å². The predicted octanol–water partition coefficient (Wildman–Crippen LogP) is 2.35. The first-order chi connectivity index (χ1) is 8.92. The van der Waals surface area contributed by atoms with Gasteiger partial charge < -0.3 is 14.8 Å². The highest BCUT2D eigenvalue weighted by Gasteiger charge is 2.38. The van der Waals surface area contributed by atoms with Crippen LogP contribution in [0.1, 0.15) is 44.9 Å². The van der Waals surface area contributed by atoms with Gasteiger partial charge in [0.2, 0.25) is 0 Å². The highest BCUT2D eigenvalue weighted by atomic mass is 16.5. The van der Waals surface area contributed by atoms with Crippen molar-refractivity contribution in [1.29, 1.82) is 0 Å². The van der Waals surface area contributed by atoms with Crippen molar-refractivity contribution in [2.45, 2.75) is 57.1 Å². The van der Waals surface area contributed by atoms with Crippen LogP contribution < -0.4 is 5.32 Å². The molecule has 4 unspecified atom stereocenters. The van der Waals surface area contributed by atoms with E-state index in [1.54, 1.807) is 0 Å². The van der Waals surface area contributed by atoms with Gasteiger partial charge in [-0.25, -0.2) is 0 Å². The van der Waals surface area contributed by atoms with Crippen LogP contribution >= 0.6 is 0 Å². The van der Waals surface area contributed by atoms with Crippen LogP contribution in [0.5, 0.6) is 0 Å². The number of hydrogen-bond donors (Lipinski definition) is 1. The zero-order valence-corrected chi connectivity index (χ0v) is 11.4. The largest absolute Gasteiger partial charge is 0.379 e. The Morgan fingerprint density at radius 2 is 2.17 bits per heavy atom. The highest BCUT2D eigenvalue weighted by Crippen LogP contribution is 2.44. The van der Waals surface area contributed by atoms with E-state index in [1.807, 2.05) is 0 Å². The monoisotopic (exact) mass is 253 g/mol. The Balaban J connectivity index is 1.19. The Morgan fingerprint density at radius 1 is 1.17 bits per heavy atom. The molecule has 1 saturated heterocycles. The number of fused-ring (bicyclic) bond motifs is 2. The summed E-state index contributed by atoms with van der Waals surface area (Å²) in [4.78, 5) is 0. The van der Waals surface area contributed by atoms with E-state index in [0.717, 1.165) is 50.7 Å². The number of hydrogen-bond acceptors (Lipinski definition) is 3. The van der Waals surface area contributed by atoms with Crippen LogP contribution in [0.25, 0.3) is 0 Å². The summed E-state index contributed by atoms with van der Waals surface area (Å²) in [6.07, 6.45) is 9.80. The van der Waals surface area contributed by atoms with E-state index >= 15 is 0 Å². The number of rotatable bonds is 7. The van der Waals surface area contributed by atoms with Crippen molar-refractivity contribution in [3.8, 4) is 0 Å². The molecular formula is C15H27NO2. The van der Waals surface area contributed by atoms with Crippen LogP contribution in [0.3, 0.4) is 0 Å². The van der Waals surface area contributed by atoms with E-state index in [9.17, 15) is 0 Å². The molecule has 0 aromatic heterocycles. The SMILES string of the molecule is C(CNC1CC2CCC1C2)COCC1CCCO1.